The van der Waals surface area contributed by atoms with Crippen LogP contribution < -0.4 is 4.90 Å². The molecule has 6 aliphatic rings. The zero-order valence-corrected chi connectivity index (χ0v) is 35.1. The van der Waals surface area contributed by atoms with Gasteiger partial charge in [-0.25, -0.2) is 0 Å². The Balaban J connectivity index is 1.01. The van der Waals surface area contributed by atoms with Gasteiger partial charge in [0, 0.05) is 38.4 Å². The summed E-state index contributed by atoms with van der Waals surface area (Å²) in [6.45, 7) is 16.6. The lowest BCUT2D eigenvalue weighted by Crippen LogP contribution is -2.68. The second kappa shape index (κ2) is 10.6. The van der Waals surface area contributed by atoms with E-state index >= 15 is 0 Å². The highest BCUT2D eigenvalue weighted by atomic mass is 16.3. The van der Waals surface area contributed by atoms with Crippen molar-refractivity contribution in [3.63, 3.8) is 0 Å². The third-order valence-corrected chi connectivity index (χ3v) is 17.2. The topological polar surface area (TPSA) is 16.4 Å². The summed E-state index contributed by atoms with van der Waals surface area (Å²) in [4.78, 5) is 2.50. The second-order valence-electron chi connectivity index (χ2n) is 21.5. The summed E-state index contributed by atoms with van der Waals surface area (Å²) in [6.07, 6.45) is 7.26. The number of fused-ring (bicyclic) bond motifs is 10. The van der Waals surface area contributed by atoms with E-state index in [1.807, 2.05) is 0 Å². The first-order valence-electron chi connectivity index (χ1n) is 22.1. The Morgan fingerprint density at radius 3 is 2.07 bits per heavy atom. The van der Waals surface area contributed by atoms with Crippen LogP contribution in [0.2, 0.25) is 0 Å². The summed E-state index contributed by atoms with van der Waals surface area (Å²) in [5.41, 5.74) is 20.2. The fraction of sp³-hybridized carbons (Fsp3) is 0.357. The predicted octanol–water partition coefficient (Wildman–Crippen LogP) is 15.0. The molecule has 288 valence electrons. The van der Waals surface area contributed by atoms with Crippen LogP contribution in [0.15, 0.2) is 120 Å². The normalized spacial score (nSPS) is 27.1. The standard InChI is InChI=1S/C56H53NO/c1-52(2,3)44-15-11-16-45-50(44)41-22-20-37(28-47(41)54(45,6)7)57(36-19-21-39-38-12-8-9-14-43(38)53(4,5)46(39)27-36)48-17-10-13-40-42-26-33(18-23-49(42)58-51(40)48)55-29-32-24-34-25-35(31-55)56(34,55)30-32/h8-23,26-28,32,34-35H,24-25,29-31H2,1-7H3. The van der Waals surface area contributed by atoms with Gasteiger partial charge in [-0.05, 0) is 159 Å². The molecule has 13 rings (SSSR count). The summed E-state index contributed by atoms with van der Waals surface area (Å²) < 4.78 is 7.07. The lowest BCUT2D eigenvalue weighted by Gasteiger charge is -2.73. The molecule has 0 N–H and O–H groups in total. The Morgan fingerprint density at radius 2 is 1.29 bits per heavy atom. The number of hydrogen-bond acceptors (Lipinski definition) is 2. The van der Waals surface area contributed by atoms with Crippen molar-refractivity contribution in [3.8, 4) is 22.3 Å². The first-order valence-corrected chi connectivity index (χ1v) is 22.1. The third kappa shape index (κ3) is 3.88. The Kier molecular flexibility index (Phi) is 6.16. The molecule has 2 bridgehead atoms. The summed E-state index contributed by atoms with van der Waals surface area (Å²) in [5, 5.41) is 2.49. The van der Waals surface area contributed by atoms with Gasteiger partial charge >= 0.3 is 0 Å². The van der Waals surface area contributed by atoms with E-state index in [2.05, 4.69) is 169 Å². The van der Waals surface area contributed by atoms with E-state index < -0.39 is 0 Å². The van der Waals surface area contributed by atoms with Crippen molar-refractivity contribution in [1.82, 2.24) is 0 Å². The Morgan fingerprint density at radius 1 is 0.586 bits per heavy atom. The molecule has 4 fully saturated rings. The fourth-order valence-corrected chi connectivity index (χ4v) is 14.7. The summed E-state index contributed by atoms with van der Waals surface area (Å²) >= 11 is 0. The van der Waals surface area contributed by atoms with E-state index in [1.165, 1.54) is 92.9 Å². The Bertz CT molecular complexity index is 2970. The molecule has 6 aromatic carbocycles. The van der Waals surface area contributed by atoms with Crippen LogP contribution in [0.5, 0.6) is 0 Å². The zero-order chi connectivity index (χ0) is 39.3. The SMILES string of the molecule is CC(C)(C)c1cccc2c1-c1ccc(N(c3ccc4c(c3)C(C)(C)c3ccccc3-4)c3cccc4c3oc3ccc(C56CC7CC8CC(C5)C86C7)cc34)cc1C2(C)C. The van der Waals surface area contributed by atoms with Gasteiger partial charge in [0.1, 0.15) is 5.58 Å². The number of furan rings is 1. The number of rotatable bonds is 4. The smallest absolute Gasteiger partial charge is 0.159 e. The maximum Gasteiger partial charge on any atom is 0.159 e. The maximum atomic E-state index is 7.07. The molecule has 0 radical (unpaired) electrons. The van der Waals surface area contributed by atoms with Gasteiger partial charge in [0.05, 0.1) is 5.69 Å². The quantitative estimate of drug-likeness (QED) is 0.178. The minimum atomic E-state index is -0.143. The highest BCUT2D eigenvalue weighted by molar-refractivity contribution is 6.10. The number of anilines is 3. The maximum absolute atomic E-state index is 7.07. The number of benzene rings is 6. The molecule has 0 saturated heterocycles. The summed E-state index contributed by atoms with van der Waals surface area (Å²) in [7, 11) is 0. The van der Waals surface area contributed by atoms with Crippen LogP contribution >= 0.6 is 0 Å². The fourth-order valence-electron chi connectivity index (χ4n) is 14.7. The van der Waals surface area contributed by atoms with E-state index in [-0.39, 0.29) is 16.2 Å². The Labute approximate surface area is 343 Å². The molecule has 6 aliphatic carbocycles. The molecule has 4 saturated carbocycles. The highest BCUT2D eigenvalue weighted by Gasteiger charge is 2.80. The molecule has 1 aromatic heterocycles. The van der Waals surface area contributed by atoms with Crippen molar-refractivity contribution in [3.05, 3.63) is 149 Å². The van der Waals surface area contributed by atoms with Crippen LogP contribution in [-0.4, -0.2) is 0 Å². The first-order chi connectivity index (χ1) is 27.8. The van der Waals surface area contributed by atoms with Gasteiger partial charge in [0.2, 0.25) is 0 Å². The molecule has 7 aromatic rings. The zero-order valence-electron chi connectivity index (χ0n) is 35.1. The number of para-hydroxylation sites is 1. The van der Waals surface area contributed by atoms with Crippen LogP contribution in [-0.2, 0) is 21.7 Å². The summed E-state index contributed by atoms with van der Waals surface area (Å²) in [6, 6.07) is 44.6. The Hall–Kier alpha value is -5.08. The molecule has 5 atom stereocenters. The largest absolute Gasteiger partial charge is 0.454 e. The van der Waals surface area contributed by atoms with Gasteiger partial charge in [-0.2, -0.15) is 0 Å². The van der Waals surface area contributed by atoms with Gasteiger partial charge in [-0.1, -0.05) is 121 Å². The van der Waals surface area contributed by atoms with E-state index in [4.69, 9.17) is 4.42 Å². The minimum Gasteiger partial charge on any atom is -0.454 e. The van der Waals surface area contributed by atoms with E-state index in [9.17, 15) is 0 Å². The molecule has 0 aliphatic heterocycles. The van der Waals surface area contributed by atoms with Crippen LogP contribution in [0.1, 0.15) is 114 Å². The predicted molar refractivity (Wildman–Crippen MR) is 240 cm³/mol. The molecule has 0 amide bonds. The first kappa shape index (κ1) is 33.8. The molecule has 2 nitrogen and oxygen atoms in total. The number of nitrogens with zero attached hydrogens (tertiary/aromatic N) is 1. The highest BCUT2D eigenvalue weighted by Crippen LogP contribution is 2.86. The summed E-state index contributed by atoms with van der Waals surface area (Å²) in [5.74, 6) is 2.87. The van der Waals surface area contributed by atoms with Gasteiger partial charge in [-0.3, -0.25) is 0 Å². The van der Waals surface area contributed by atoms with Crippen LogP contribution in [0.4, 0.5) is 17.1 Å². The van der Waals surface area contributed by atoms with Crippen molar-refractivity contribution in [2.24, 2.45) is 23.2 Å². The van der Waals surface area contributed by atoms with Crippen LogP contribution in [0.3, 0.4) is 0 Å². The lowest BCUT2D eigenvalue weighted by atomic mass is 9.31. The molecule has 5 unspecified atom stereocenters. The van der Waals surface area contributed by atoms with Crippen molar-refractivity contribution in [1.29, 1.82) is 0 Å². The average Bonchev–Trinajstić information content (AvgIpc) is 3.95. The second-order valence-corrected chi connectivity index (χ2v) is 21.5. The van der Waals surface area contributed by atoms with E-state index in [0.717, 1.165) is 46.0 Å². The van der Waals surface area contributed by atoms with Gasteiger partial charge in [-0.15, -0.1) is 0 Å². The number of hydrogen-bond donors (Lipinski definition) is 0. The average molecular weight is 756 g/mol. The monoisotopic (exact) mass is 755 g/mol. The lowest BCUT2D eigenvalue weighted by molar-refractivity contribution is -0.198. The molecule has 1 heterocycles. The van der Waals surface area contributed by atoms with Crippen molar-refractivity contribution < 1.29 is 4.42 Å². The van der Waals surface area contributed by atoms with Crippen LogP contribution in [0, 0.1) is 23.2 Å². The van der Waals surface area contributed by atoms with E-state index in [1.54, 1.807) is 5.56 Å². The molecule has 58 heavy (non-hydrogen) atoms. The molecule has 1 spiro atoms. The molecular weight excluding hydrogens is 703 g/mol. The van der Waals surface area contributed by atoms with Crippen molar-refractivity contribution in [2.75, 3.05) is 4.90 Å². The molecular formula is C56H53NO. The van der Waals surface area contributed by atoms with Gasteiger partial charge < -0.3 is 9.32 Å². The van der Waals surface area contributed by atoms with Crippen molar-refractivity contribution in [2.45, 2.75) is 102 Å². The van der Waals surface area contributed by atoms with Crippen molar-refractivity contribution >= 4 is 39.0 Å². The minimum absolute atomic E-state index is 0.0376. The van der Waals surface area contributed by atoms with Crippen LogP contribution in [0.25, 0.3) is 44.2 Å². The van der Waals surface area contributed by atoms with Gasteiger partial charge in [0.15, 0.2) is 5.58 Å². The third-order valence-electron chi connectivity index (χ3n) is 17.2. The molecule has 2 heteroatoms. The van der Waals surface area contributed by atoms with Gasteiger partial charge in [0.25, 0.3) is 0 Å². The van der Waals surface area contributed by atoms with E-state index in [0.29, 0.717) is 10.8 Å².